The number of Topliss-reactive ketones (excluding diaryl/α,β-unsaturated/α-hetero) is 1. The van der Waals surface area contributed by atoms with Crippen molar-refractivity contribution >= 4 is 15.6 Å². The number of hydrogen-bond acceptors (Lipinski definition) is 3. The van der Waals surface area contributed by atoms with Crippen LogP contribution in [0.25, 0.3) is 0 Å². The van der Waals surface area contributed by atoms with Crippen LogP contribution in [0.15, 0.2) is 0 Å². The molecule has 0 radical (unpaired) electrons. The van der Waals surface area contributed by atoms with Gasteiger partial charge in [0, 0.05) is 12.3 Å². The van der Waals surface area contributed by atoms with Crippen LogP contribution in [0.3, 0.4) is 0 Å². The van der Waals surface area contributed by atoms with Crippen molar-refractivity contribution in [3.05, 3.63) is 0 Å². The van der Waals surface area contributed by atoms with Gasteiger partial charge in [-0.2, -0.15) is 0 Å². The second kappa shape index (κ2) is 3.89. The van der Waals surface area contributed by atoms with Crippen molar-refractivity contribution in [2.45, 2.75) is 55.9 Å². The predicted molar refractivity (Wildman–Crippen MR) is 58.4 cm³/mol. The van der Waals surface area contributed by atoms with E-state index < -0.39 is 9.84 Å². The first-order valence-corrected chi connectivity index (χ1v) is 7.42. The Balaban J connectivity index is 2.09. The molecule has 0 aromatic carbocycles. The number of rotatable bonds is 3. The Bertz CT molecular complexity index is 338. The minimum absolute atomic E-state index is 0.0333. The quantitative estimate of drug-likeness (QED) is 0.741. The molecule has 4 heteroatoms. The third-order valence-electron chi connectivity index (χ3n) is 3.79. The molecule has 0 spiro atoms. The van der Waals surface area contributed by atoms with Crippen LogP contribution >= 0.6 is 0 Å². The van der Waals surface area contributed by atoms with E-state index in [1.165, 1.54) is 0 Å². The number of ketones is 1. The summed E-state index contributed by atoms with van der Waals surface area (Å²) >= 11 is 0. The van der Waals surface area contributed by atoms with Gasteiger partial charge in [0.25, 0.3) is 0 Å². The van der Waals surface area contributed by atoms with Gasteiger partial charge in [0.1, 0.15) is 5.78 Å². The van der Waals surface area contributed by atoms with Crippen LogP contribution in [-0.2, 0) is 14.6 Å². The molecule has 0 aromatic rings. The standard InChI is InChI=1S/C11H18O3S/c1-2-3-11(12)8-6-9-4-5-10(7-8)15(9,13)14/h8-10H,2-7H2,1H3. The second-order valence-electron chi connectivity index (χ2n) is 4.80. The summed E-state index contributed by atoms with van der Waals surface area (Å²) in [5.41, 5.74) is 0. The maximum atomic E-state index is 11.8. The van der Waals surface area contributed by atoms with Crippen LogP contribution in [0, 0.1) is 5.92 Å². The van der Waals surface area contributed by atoms with E-state index in [1.54, 1.807) is 0 Å². The van der Waals surface area contributed by atoms with Gasteiger partial charge < -0.3 is 0 Å². The molecule has 2 bridgehead atoms. The number of hydrogen-bond donors (Lipinski definition) is 0. The Labute approximate surface area is 91.2 Å². The molecule has 2 rings (SSSR count). The second-order valence-corrected chi connectivity index (χ2v) is 7.31. The molecular formula is C11H18O3S. The molecule has 2 aliphatic rings. The fourth-order valence-corrected chi connectivity index (χ4v) is 5.40. The van der Waals surface area contributed by atoms with Gasteiger partial charge in [-0.1, -0.05) is 6.92 Å². The summed E-state index contributed by atoms with van der Waals surface area (Å²) in [7, 11) is -2.86. The van der Waals surface area contributed by atoms with Crippen molar-refractivity contribution in [2.24, 2.45) is 5.92 Å². The van der Waals surface area contributed by atoms with E-state index in [1.807, 2.05) is 6.92 Å². The number of carbonyl (C=O) groups excluding carboxylic acids is 1. The number of fused-ring (bicyclic) bond motifs is 2. The van der Waals surface area contributed by atoms with Gasteiger partial charge in [0.05, 0.1) is 10.5 Å². The van der Waals surface area contributed by atoms with Crippen LogP contribution in [0.2, 0.25) is 0 Å². The van der Waals surface area contributed by atoms with E-state index in [-0.39, 0.29) is 22.2 Å². The van der Waals surface area contributed by atoms with Crippen molar-refractivity contribution in [3.8, 4) is 0 Å². The van der Waals surface area contributed by atoms with E-state index >= 15 is 0 Å². The molecule has 2 unspecified atom stereocenters. The van der Waals surface area contributed by atoms with Crippen molar-refractivity contribution in [2.75, 3.05) is 0 Å². The van der Waals surface area contributed by atoms with Crippen molar-refractivity contribution in [3.63, 3.8) is 0 Å². The minimum atomic E-state index is -2.86. The summed E-state index contributed by atoms with van der Waals surface area (Å²) in [5, 5.41) is -0.413. The Hall–Kier alpha value is -0.380. The first kappa shape index (κ1) is 11.1. The van der Waals surface area contributed by atoms with E-state index in [0.29, 0.717) is 19.3 Å². The summed E-state index contributed by atoms with van der Waals surface area (Å²) in [6.07, 6.45) is 4.24. The third-order valence-corrected chi connectivity index (χ3v) is 6.50. The lowest BCUT2D eigenvalue weighted by atomic mass is 9.92. The zero-order valence-electron chi connectivity index (χ0n) is 9.11. The molecule has 0 amide bonds. The average molecular weight is 230 g/mol. The molecule has 15 heavy (non-hydrogen) atoms. The molecule has 2 atom stereocenters. The van der Waals surface area contributed by atoms with Crippen LogP contribution in [-0.4, -0.2) is 24.7 Å². The summed E-state index contributed by atoms with van der Waals surface area (Å²) in [6, 6.07) is 0. The summed E-state index contributed by atoms with van der Waals surface area (Å²) in [5.74, 6) is 0.315. The Morgan fingerprint density at radius 2 is 1.73 bits per heavy atom. The number of carbonyl (C=O) groups is 1. The molecule has 2 fully saturated rings. The summed E-state index contributed by atoms with van der Waals surface area (Å²) in [6.45, 7) is 1.99. The topological polar surface area (TPSA) is 51.2 Å². The molecule has 2 heterocycles. The Morgan fingerprint density at radius 1 is 1.20 bits per heavy atom. The lowest BCUT2D eigenvalue weighted by molar-refractivity contribution is -0.123. The third kappa shape index (κ3) is 1.84. The predicted octanol–water partition coefficient (Wildman–Crippen LogP) is 1.71. The molecule has 2 saturated heterocycles. The lowest BCUT2D eigenvalue weighted by Crippen LogP contribution is -2.36. The highest BCUT2D eigenvalue weighted by Crippen LogP contribution is 2.41. The van der Waals surface area contributed by atoms with Gasteiger partial charge >= 0.3 is 0 Å². The monoisotopic (exact) mass is 230 g/mol. The van der Waals surface area contributed by atoms with Crippen molar-refractivity contribution < 1.29 is 13.2 Å². The molecular weight excluding hydrogens is 212 g/mol. The van der Waals surface area contributed by atoms with Gasteiger partial charge in [-0.05, 0) is 32.1 Å². The van der Waals surface area contributed by atoms with E-state index in [0.717, 1.165) is 19.3 Å². The highest BCUT2D eigenvalue weighted by atomic mass is 32.2. The molecule has 3 nitrogen and oxygen atoms in total. The van der Waals surface area contributed by atoms with E-state index in [4.69, 9.17) is 0 Å². The van der Waals surface area contributed by atoms with Gasteiger partial charge in [0.2, 0.25) is 0 Å². The van der Waals surface area contributed by atoms with Gasteiger partial charge in [-0.3, -0.25) is 4.79 Å². The largest absolute Gasteiger partial charge is 0.299 e. The molecule has 0 N–H and O–H groups in total. The van der Waals surface area contributed by atoms with E-state index in [9.17, 15) is 13.2 Å². The molecule has 0 aromatic heterocycles. The SMILES string of the molecule is CCCC(=O)C1CC2CCC(C1)S2(=O)=O. The zero-order chi connectivity index (χ0) is 11.1. The van der Waals surface area contributed by atoms with Crippen molar-refractivity contribution in [1.29, 1.82) is 0 Å². The van der Waals surface area contributed by atoms with Gasteiger partial charge in [-0.15, -0.1) is 0 Å². The molecule has 0 saturated carbocycles. The van der Waals surface area contributed by atoms with Crippen LogP contribution in [0.4, 0.5) is 0 Å². The zero-order valence-corrected chi connectivity index (χ0v) is 9.92. The fourth-order valence-electron chi connectivity index (χ4n) is 2.92. The molecule has 2 aliphatic heterocycles. The highest BCUT2D eigenvalue weighted by molar-refractivity contribution is 7.93. The van der Waals surface area contributed by atoms with Gasteiger partial charge in [-0.25, -0.2) is 8.42 Å². The first-order chi connectivity index (χ1) is 7.05. The summed E-state index contributed by atoms with van der Waals surface area (Å²) < 4.78 is 23.6. The van der Waals surface area contributed by atoms with E-state index in [2.05, 4.69) is 0 Å². The van der Waals surface area contributed by atoms with Crippen molar-refractivity contribution in [1.82, 2.24) is 0 Å². The average Bonchev–Trinajstić information content (AvgIpc) is 2.42. The maximum absolute atomic E-state index is 11.8. The van der Waals surface area contributed by atoms with Crippen LogP contribution < -0.4 is 0 Å². The Morgan fingerprint density at radius 3 is 2.20 bits per heavy atom. The molecule has 0 aliphatic carbocycles. The maximum Gasteiger partial charge on any atom is 0.156 e. The molecule has 86 valence electrons. The first-order valence-electron chi connectivity index (χ1n) is 5.81. The summed E-state index contributed by atoms with van der Waals surface area (Å²) in [4.78, 5) is 11.7. The fraction of sp³-hybridized carbons (Fsp3) is 0.909. The van der Waals surface area contributed by atoms with Crippen LogP contribution in [0.1, 0.15) is 45.4 Å². The Kier molecular flexibility index (Phi) is 2.88. The normalized spacial score (nSPS) is 37.8. The lowest BCUT2D eigenvalue weighted by Gasteiger charge is -2.26. The van der Waals surface area contributed by atoms with Gasteiger partial charge in [0.15, 0.2) is 9.84 Å². The smallest absolute Gasteiger partial charge is 0.156 e. The minimum Gasteiger partial charge on any atom is -0.299 e. The highest BCUT2D eigenvalue weighted by Gasteiger charge is 2.48. The number of sulfone groups is 1. The van der Waals surface area contributed by atoms with Crippen LogP contribution in [0.5, 0.6) is 0 Å².